The maximum Gasteiger partial charge on any atom is 0.420 e. The molecule has 0 saturated carbocycles. The molecule has 8 heteroatoms. The number of aromatic nitrogens is 1. The van der Waals surface area contributed by atoms with Gasteiger partial charge in [-0.1, -0.05) is 11.6 Å². The van der Waals surface area contributed by atoms with E-state index in [4.69, 9.17) is 16.9 Å². The molecule has 2 rings (SSSR count). The lowest BCUT2D eigenvalue weighted by Gasteiger charge is -2.13. The summed E-state index contributed by atoms with van der Waals surface area (Å²) in [6.07, 6.45) is -4.86. The number of hydrogen-bond donors (Lipinski definition) is 1. The van der Waals surface area contributed by atoms with Crippen LogP contribution >= 0.6 is 11.6 Å². The normalized spacial score (nSPS) is 11.2. The Bertz CT molecular complexity index is 733. The number of pyridine rings is 1. The smallest absolute Gasteiger partial charge is 0.420 e. The van der Waals surface area contributed by atoms with Crippen LogP contribution in [0.2, 0.25) is 5.15 Å². The number of halogens is 5. The van der Waals surface area contributed by atoms with Gasteiger partial charge in [0.25, 0.3) is 0 Å². The van der Waals surface area contributed by atoms with Crippen LogP contribution in [0.1, 0.15) is 11.1 Å². The Labute approximate surface area is 121 Å². The average Bonchev–Trinajstić information content (AvgIpc) is 2.36. The van der Waals surface area contributed by atoms with E-state index in [1.165, 1.54) is 0 Å². The minimum atomic E-state index is -4.86. The van der Waals surface area contributed by atoms with E-state index in [0.717, 1.165) is 18.2 Å². The molecule has 0 saturated heterocycles. The van der Waals surface area contributed by atoms with Gasteiger partial charge in [0, 0.05) is 11.6 Å². The number of benzene rings is 1. The van der Waals surface area contributed by atoms with Gasteiger partial charge in [-0.25, -0.2) is 4.98 Å². The number of hydrogen-bond acceptors (Lipinski definition) is 3. The van der Waals surface area contributed by atoms with E-state index in [1.807, 2.05) is 0 Å². The Morgan fingerprint density at radius 1 is 1.19 bits per heavy atom. The maximum atomic E-state index is 13.2. The second kappa shape index (κ2) is 5.22. The third-order valence-corrected chi connectivity index (χ3v) is 2.81. The summed E-state index contributed by atoms with van der Waals surface area (Å²) in [5, 5.41) is 18.3. The van der Waals surface area contributed by atoms with Crippen molar-refractivity contribution in [3.8, 4) is 22.9 Å². The van der Waals surface area contributed by atoms with Gasteiger partial charge >= 0.3 is 6.18 Å². The monoisotopic (exact) mass is 316 g/mol. The Hall–Kier alpha value is -2.33. The Balaban J connectivity index is 2.77. The van der Waals surface area contributed by atoms with Crippen molar-refractivity contribution >= 4 is 11.6 Å². The van der Waals surface area contributed by atoms with Crippen LogP contribution in [0.3, 0.4) is 0 Å². The highest BCUT2D eigenvalue weighted by molar-refractivity contribution is 6.29. The van der Waals surface area contributed by atoms with Crippen LogP contribution < -0.4 is 0 Å². The molecule has 108 valence electrons. The van der Waals surface area contributed by atoms with Gasteiger partial charge in [-0.05, 0) is 23.8 Å². The van der Waals surface area contributed by atoms with Gasteiger partial charge in [0.05, 0.1) is 17.2 Å². The standard InChI is InChI=1S/C13H5ClF4N2O/c14-10-3-7(4-11(15)20-10)8-1-6(5-19)2-9(12(8)21)13(16,17)18/h1-4,21H. The van der Waals surface area contributed by atoms with Gasteiger partial charge in [-0.3, -0.25) is 0 Å². The molecule has 0 radical (unpaired) electrons. The molecule has 1 aromatic heterocycles. The number of alkyl halides is 3. The minimum absolute atomic E-state index is 0.118. The number of nitrogens with zero attached hydrogens (tertiary/aromatic N) is 2. The highest BCUT2D eigenvalue weighted by Crippen LogP contribution is 2.42. The van der Waals surface area contributed by atoms with E-state index in [-0.39, 0.29) is 21.8 Å². The van der Waals surface area contributed by atoms with Gasteiger partial charge < -0.3 is 5.11 Å². The fourth-order valence-corrected chi connectivity index (χ4v) is 1.95. The molecule has 0 aliphatic rings. The van der Waals surface area contributed by atoms with Crippen molar-refractivity contribution < 1.29 is 22.7 Å². The highest BCUT2D eigenvalue weighted by atomic mass is 35.5. The van der Waals surface area contributed by atoms with Crippen molar-refractivity contribution in [2.45, 2.75) is 6.18 Å². The Morgan fingerprint density at radius 3 is 2.38 bits per heavy atom. The van der Waals surface area contributed by atoms with E-state index in [9.17, 15) is 22.7 Å². The zero-order valence-corrected chi connectivity index (χ0v) is 10.8. The van der Waals surface area contributed by atoms with E-state index < -0.39 is 23.4 Å². The summed E-state index contributed by atoms with van der Waals surface area (Å²) in [5.41, 5.74) is -2.19. The number of phenolic OH excluding ortho intramolecular Hbond substituents is 1. The van der Waals surface area contributed by atoms with Gasteiger partial charge in [0.2, 0.25) is 5.95 Å². The lowest BCUT2D eigenvalue weighted by Crippen LogP contribution is -2.06. The summed E-state index contributed by atoms with van der Waals surface area (Å²) in [5.74, 6) is -2.13. The van der Waals surface area contributed by atoms with Crippen LogP contribution in [0.5, 0.6) is 5.75 Å². The fraction of sp³-hybridized carbons (Fsp3) is 0.0769. The summed E-state index contributed by atoms with van der Waals surface area (Å²) in [7, 11) is 0. The molecule has 0 aliphatic heterocycles. The van der Waals surface area contributed by atoms with Crippen LogP contribution in [0.15, 0.2) is 24.3 Å². The molecule has 0 bridgehead atoms. The number of aromatic hydroxyl groups is 1. The van der Waals surface area contributed by atoms with Crippen molar-refractivity contribution in [1.82, 2.24) is 4.98 Å². The molecular formula is C13H5ClF4N2O. The van der Waals surface area contributed by atoms with E-state index in [1.54, 1.807) is 6.07 Å². The molecule has 0 unspecified atom stereocenters. The summed E-state index contributed by atoms with van der Waals surface area (Å²) in [6.45, 7) is 0. The lowest BCUT2D eigenvalue weighted by atomic mass is 9.99. The number of nitriles is 1. The Kier molecular flexibility index (Phi) is 3.75. The lowest BCUT2D eigenvalue weighted by molar-refractivity contribution is -0.138. The number of rotatable bonds is 1. The first-order valence-corrected chi connectivity index (χ1v) is 5.78. The van der Waals surface area contributed by atoms with Gasteiger partial charge in [0.1, 0.15) is 10.9 Å². The molecule has 0 fully saturated rings. The summed E-state index contributed by atoms with van der Waals surface area (Å²) in [6, 6.07) is 4.97. The van der Waals surface area contributed by atoms with Crippen LogP contribution in [0.4, 0.5) is 17.6 Å². The Morgan fingerprint density at radius 2 is 1.86 bits per heavy atom. The molecule has 0 atom stereocenters. The largest absolute Gasteiger partial charge is 0.507 e. The quantitative estimate of drug-likeness (QED) is 0.635. The molecule has 0 spiro atoms. The van der Waals surface area contributed by atoms with Crippen LogP contribution in [0, 0.1) is 17.3 Å². The third-order valence-electron chi connectivity index (χ3n) is 2.62. The van der Waals surface area contributed by atoms with Crippen LogP contribution in [0.25, 0.3) is 11.1 Å². The molecule has 3 nitrogen and oxygen atoms in total. The SMILES string of the molecule is N#Cc1cc(-c2cc(F)nc(Cl)c2)c(O)c(C(F)(F)F)c1. The van der Waals surface area contributed by atoms with E-state index in [0.29, 0.717) is 6.07 Å². The van der Waals surface area contributed by atoms with Gasteiger partial charge in [-0.2, -0.15) is 22.8 Å². The summed E-state index contributed by atoms with van der Waals surface area (Å²) < 4.78 is 51.7. The molecule has 2 aromatic rings. The summed E-state index contributed by atoms with van der Waals surface area (Å²) >= 11 is 5.54. The third kappa shape index (κ3) is 3.06. The van der Waals surface area contributed by atoms with Gasteiger partial charge in [-0.15, -0.1) is 0 Å². The zero-order chi connectivity index (χ0) is 15.8. The molecule has 0 amide bonds. The van der Waals surface area contributed by atoms with Crippen molar-refractivity contribution in [3.05, 3.63) is 46.5 Å². The molecule has 21 heavy (non-hydrogen) atoms. The number of phenols is 1. The first kappa shape index (κ1) is 15.1. The zero-order valence-electron chi connectivity index (χ0n) is 10.0. The van der Waals surface area contributed by atoms with Crippen molar-refractivity contribution in [3.63, 3.8) is 0 Å². The second-order valence-corrected chi connectivity index (χ2v) is 4.42. The second-order valence-electron chi connectivity index (χ2n) is 4.03. The van der Waals surface area contributed by atoms with Crippen molar-refractivity contribution in [2.75, 3.05) is 0 Å². The van der Waals surface area contributed by atoms with Crippen molar-refractivity contribution in [1.29, 1.82) is 5.26 Å². The molecule has 1 N–H and O–H groups in total. The molecule has 1 heterocycles. The minimum Gasteiger partial charge on any atom is -0.507 e. The topological polar surface area (TPSA) is 56.9 Å². The maximum absolute atomic E-state index is 13.2. The highest BCUT2D eigenvalue weighted by Gasteiger charge is 2.35. The molecule has 0 aliphatic carbocycles. The molecular weight excluding hydrogens is 312 g/mol. The first-order valence-electron chi connectivity index (χ1n) is 5.40. The predicted molar refractivity (Wildman–Crippen MR) is 66.0 cm³/mol. The molecule has 1 aromatic carbocycles. The summed E-state index contributed by atoms with van der Waals surface area (Å²) in [4.78, 5) is 3.23. The van der Waals surface area contributed by atoms with Crippen LogP contribution in [-0.4, -0.2) is 10.1 Å². The van der Waals surface area contributed by atoms with E-state index in [2.05, 4.69) is 4.98 Å². The van der Waals surface area contributed by atoms with E-state index >= 15 is 0 Å². The fourth-order valence-electron chi connectivity index (χ4n) is 1.76. The predicted octanol–water partition coefficient (Wildman–Crippen LogP) is 4.14. The van der Waals surface area contributed by atoms with Crippen LogP contribution in [-0.2, 0) is 6.18 Å². The van der Waals surface area contributed by atoms with Gasteiger partial charge in [0.15, 0.2) is 0 Å². The van der Waals surface area contributed by atoms with Crippen molar-refractivity contribution in [2.24, 2.45) is 0 Å². The average molecular weight is 317 g/mol. The first-order chi connectivity index (χ1) is 9.72.